The lowest BCUT2D eigenvalue weighted by atomic mass is 10.1. The standard InChI is InChI=1S/C12H19N3O2/c1-3-7-15-11(10(17-2)8-14-15)12(16)9-5-4-6-13-9/h8-9,13H,3-7H2,1-2H3. The minimum Gasteiger partial charge on any atom is -0.493 e. The van der Waals surface area contributed by atoms with E-state index >= 15 is 0 Å². The van der Waals surface area contributed by atoms with Gasteiger partial charge in [-0.15, -0.1) is 0 Å². The van der Waals surface area contributed by atoms with Crippen LogP contribution in [0.25, 0.3) is 0 Å². The maximum atomic E-state index is 12.4. The van der Waals surface area contributed by atoms with Crippen LogP contribution in [0.3, 0.4) is 0 Å². The molecule has 1 atom stereocenters. The largest absolute Gasteiger partial charge is 0.493 e. The van der Waals surface area contributed by atoms with E-state index in [1.807, 2.05) is 0 Å². The molecule has 0 aromatic carbocycles. The molecule has 94 valence electrons. The van der Waals surface area contributed by atoms with E-state index in [9.17, 15) is 4.79 Å². The second kappa shape index (κ2) is 5.31. The first-order valence-electron chi connectivity index (χ1n) is 6.15. The van der Waals surface area contributed by atoms with Crippen molar-refractivity contribution in [2.45, 2.75) is 38.8 Å². The van der Waals surface area contributed by atoms with Crippen molar-refractivity contribution >= 4 is 5.78 Å². The van der Waals surface area contributed by atoms with Gasteiger partial charge in [0.15, 0.2) is 5.75 Å². The van der Waals surface area contributed by atoms with Gasteiger partial charge in [-0.2, -0.15) is 5.10 Å². The lowest BCUT2D eigenvalue weighted by molar-refractivity contribution is 0.0938. The van der Waals surface area contributed by atoms with Crippen molar-refractivity contribution in [3.63, 3.8) is 0 Å². The smallest absolute Gasteiger partial charge is 0.201 e. The van der Waals surface area contributed by atoms with E-state index in [0.717, 1.165) is 32.4 Å². The molecule has 1 unspecified atom stereocenters. The Kier molecular flexibility index (Phi) is 3.78. The maximum absolute atomic E-state index is 12.4. The summed E-state index contributed by atoms with van der Waals surface area (Å²) < 4.78 is 6.97. The number of nitrogens with zero attached hydrogens (tertiary/aromatic N) is 2. The highest BCUT2D eigenvalue weighted by atomic mass is 16.5. The van der Waals surface area contributed by atoms with Gasteiger partial charge in [-0.3, -0.25) is 9.48 Å². The Hall–Kier alpha value is -1.36. The number of nitrogens with one attached hydrogen (secondary N) is 1. The predicted octanol–water partition coefficient (Wildman–Crippen LogP) is 1.24. The highest BCUT2D eigenvalue weighted by Gasteiger charge is 2.28. The molecule has 1 aromatic heterocycles. The molecule has 0 amide bonds. The summed E-state index contributed by atoms with van der Waals surface area (Å²) in [4.78, 5) is 12.4. The van der Waals surface area contributed by atoms with Gasteiger partial charge in [-0.1, -0.05) is 6.92 Å². The molecular weight excluding hydrogens is 218 g/mol. The first-order valence-corrected chi connectivity index (χ1v) is 6.15. The molecule has 1 aliphatic heterocycles. The zero-order chi connectivity index (χ0) is 12.3. The summed E-state index contributed by atoms with van der Waals surface area (Å²) in [5.74, 6) is 0.683. The molecule has 1 saturated heterocycles. The zero-order valence-electron chi connectivity index (χ0n) is 10.4. The number of methoxy groups -OCH3 is 1. The number of ketones is 1. The fourth-order valence-electron chi connectivity index (χ4n) is 2.22. The van der Waals surface area contributed by atoms with Crippen molar-refractivity contribution in [2.75, 3.05) is 13.7 Å². The molecule has 0 radical (unpaired) electrons. The second-order valence-corrected chi connectivity index (χ2v) is 4.30. The normalized spacial score (nSPS) is 19.5. The van der Waals surface area contributed by atoms with Crippen molar-refractivity contribution in [1.29, 1.82) is 0 Å². The molecule has 0 spiro atoms. The molecule has 0 bridgehead atoms. The van der Waals surface area contributed by atoms with Crippen LogP contribution in [0, 0.1) is 0 Å². The van der Waals surface area contributed by atoms with E-state index in [0.29, 0.717) is 11.4 Å². The molecule has 2 heterocycles. The predicted molar refractivity (Wildman–Crippen MR) is 64.4 cm³/mol. The highest BCUT2D eigenvalue weighted by molar-refractivity contribution is 6.01. The van der Waals surface area contributed by atoms with Crippen molar-refractivity contribution < 1.29 is 9.53 Å². The highest BCUT2D eigenvalue weighted by Crippen LogP contribution is 2.22. The van der Waals surface area contributed by atoms with Crippen LogP contribution in [0.4, 0.5) is 0 Å². The molecule has 1 aromatic rings. The Morgan fingerprint density at radius 2 is 2.53 bits per heavy atom. The summed E-state index contributed by atoms with van der Waals surface area (Å²) in [6.45, 7) is 3.73. The van der Waals surface area contributed by atoms with Gasteiger partial charge in [0.05, 0.1) is 19.3 Å². The van der Waals surface area contributed by atoms with Crippen LogP contribution in [-0.4, -0.2) is 35.3 Å². The Bertz CT molecular complexity index is 394. The summed E-state index contributed by atoms with van der Waals surface area (Å²) >= 11 is 0. The average molecular weight is 237 g/mol. The van der Waals surface area contributed by atoms with Gasteiger partial charge in [0.25, 0.3) is 0 Å². The van der Waals surface area contributed by atoms with Gasteiger partial charge in [0.2, 0.25) is 5.78 Å². The summed E-state index contributed by atoms with van der Waals surface area (Å²) in [5, 5.41) is 7.43. The van der Waals surface area contributed by atoms with Crippen LogP contribution in [0.2, 0.25) is 0 Å². The first-order chi connectivity index (χ1) is 8.27. The van der Waals surface area contributed by atoms with E-state index < -0.39 is 0 Å². The number of ether oxygens (including phenoxy) is 1. The monoisotopic (exact) mass is 237 g/mol. The third-order valence-electron chi connectivity index (χ3n) is 3.07. The van der Waals surface area contributed by atoms with E-state index in [4.69, 9.17) is 4.74 Å². The van der Waals surface area contributed by atoms with Crippen LogP contribution in [0.1, 0.15) is 36.7 Å². The van der Waals surface area contributed by atoms with Crippen molar-refractivity contribution in [1.82, 2.24) is 15.1 Å². The number of aryl methyl sites for hydroxylation is 1. The van der Waals surface area contributed by atoms with Crippen molar-refractivity contribution in [2.24, 2.45) is 0 Å². The molecule has 1 N–H and O–H groups in total. The third-order valence-corrected chi connectivity index (χ3v) is 3.07. The van der Waals surface area contributed by atoms with Gasteiger partial charge < -0.3 is 10.1 Å². The molecular formula is C12H19N3O2. The van der Waals surface area contributed by atoms with Gasteiger partial charge in [-0.05, 0) is 25.8 Å². The first kappa shape index (κ1) is 12.1. The molecule has 5 nitrogen and oxygen atoms in total. The average Bonchev–Trinajstić information content (AvgIpc) is 2.97. The fraction of sp³-hybridized carbons (Fsp3) is 0.667. The van der Waals surface area contributed by atoms with Gasteiger partial charge in [-0.25, -0.2) is 0 Å². The van der Waals surface area contributed by atoms with Crippen molar-refractivity contribution in [3.05, 3.63) is 11.9 Å². The Morgan fingerprint density at radius 3 is 3.12 bits per heavy atom. The third kappa shape index (κ3) is 2.34. The number of rotatable bonds is 5. The Labute approximate surface area is 101 Å². The molecule has 5 heteroatoms. The van der Waals surface area contributed by atoms with Crippen LogP contribution < -0.4 is 10.1 Å². The summed E-state index contributed by atoms with van der Waals surface area (Å²) in [7, 11) is 1.58. The van der Waals surface area contributed by atoms with Gasteiger partial charge >= 0.3 is 0 Å². The number of hydrogen-bond donors (Lipinski definition) is 1. The van der Waals surface area contributed by atoms with Crippen LogP contribution in [0.5, 0.6) is 5.75 Å². The number of carbonyl (C=O) groups excluding carboxylic acids is 1. The lowest BCUT2D eigenvalue weighted by Gasteiger charge is -2.12. The van der Waals surface area contributed by atoms with E-state index in [-0.39, 0.29) is 11.8 Å². The van der Waals surface area contributed by atoms with E-state index in [1.165, 1.54) is 0 Å². The maximum Gasteiger partial charge on any atom is 0.201 e. The summed E-state index contributed by atoms with van der Waals surface area (Å²) in [6, 6.07) is -0.0730. The number of carbonyl (C=O) groups is 1. The number of Topliss-reactive ketones (excluding diaryl/α,β-unsaturated/α-hetero) is 1. The number of hydrogen-bond acceptors (Lipinski definition) is 4. The fourth-order valence-corrected chi connectivity index (χ4v) is 2.22. The van der Waals surface area contributed by atoms with Gasteiger partial charge in [0, 0.05) is 6.54 Å². The molecule has 2 rings (SSSR count). The van der Waals surface area contributed by atoms with Crippen LogP contribution in [-0.2, 0) is 6.54 Å². The number of aromatic nitrogens is 2. The zero-order valence-corrected chi connectivity index (χ0v) is 10.4. The summed E-state index contributed by atoms with van der Waals surface area (Å²) in [6.07, 6.45) is 4.53. The minimum atomic E-state index is -0.0730. The molecule has 17 heavy (non-hydrogen) atoms. The minimum absolute atomic E-state index is 0.0730. The quantitative estimate of drug-likeness (QED) is 0.783. The molecule has 1 aliphatic rings. The van der Waals surface area contributed by atoms with Crippen LogP contribution >= 0.6 is 0 Å². The van der Waals surface area contributed by atoms with Gasteiger partial charge in [0.1, 0.15) is 5.69 Å². The SMILES string of the molecule is CCCn1ncc(OC)c1C(=O)C1CCCN1. The Morgan fingerprint density at radius 1 is 1.71 bits per heavy atom. The van der Waals surface area contributed by atoms with E-state index in [2.05, 4.69) is 17.3 Å². The van der Waals surface area contributed by atoms with E-state index in [1.54, 1.807) is 18.0 Å². The topological polar surface area (TPSA) is 56.2 Å². The van der Waals surface area contributed by atoms with Crippen LogP contribution in [0.15, 0.2) is 6.20 Å². The second-order valence-electron chi connectivity index (χ2n) is 4.30. The lowest BCUT2D eigenvalue weighted by Crippen LogP contribution is -2.32. The summed E-state index contributed by atoms with van der Waals surface area (Å²) in [5.41, 5.74) is 0.605. The Balaban J connectivity index is 2.27. The molecule has 1 fully saturated rings. The molecule has 0 aliphatic carbocycles. The van der Waals surface area contributed by atoms with Crippen molar-refractivity contribution in [3.8, 4) is 5.75 Å². The molecule has 0 saturated carbocycles.